The monoisotopic (exact) mass is 394 g/mol. The van der Waals surface area contributed by atoms with E-state index in [0.717, 1.165) is 44.5 Å². The molecule has 4 rings (SSSR count). The van der Waals surface area contributed by atoms with Gasteiger partial charge in [-0.15, -0.1) is 0 Å². The molecule has 1 saturated heterocycles. The molecule has 1 N–H and O–H groups in total. The Balaban J connectivity index is 1.59. The molecule has 0 bridgehead atoms. The van der Waals surface area contributed by atoms with Gasteiger partial charge in [0, 0.05) is 26.2 Å². The molecule has 5 heteroatoms. The van der Waals surface area contributed by atoms with Crippen LogP contribution in [-0.4, -0.2) is 46.6 Å². The van der Waals surface area contributed by atoms with Gasteiger partial charge in [-0.1, -0.05) is 30.3 Å². The smallest absolute Gasteiger partial charge is 0.240 e. The SMILES string of the molecule is CCOc1cc(CN2Cc3ccccc3CC2C(=O)N2CCCCC2)ccc1O. The van der Waals surface area contributed by atoms with Crippen LogP contribution in [-0.2, 0) is 24.3 Å². The van der Waals surface area contributed by atoms with E-state index in [1.165, 1.54) is 17.5 Å². The van der Waals surface area contributed by atoms with Gasteiger partial charge in [-0.3, -0.25) is 9.69 Å². The third kappa shape index (κ3) is 4.40. The van der Waals surface area contributed by atoms with Crippen LogP contribution in [0.4, 0.5) is 0 Å². The molecule has 154 valence electrons. The molecule has 0 aromatic heterocycles. The van der Waals surface area contributed by atoms with E-state index in [-0.39, 0.29) is 17.7 Å². The highest BCUT2D eigenvalue weighted by Gasteiger charge is 2.34. The molecular weight excluding hydrogens is 364 g/mol. The van der Waals surface area contributed by atoms with Crippen molar-refractivity contribution in [2.45, 2.75) is 51.7 Å². The summed E-state index contributed by atoms with van der Waals surface area (Å²) < 4.78 is 5.55. The lowest BCUT2D eigenvalue weighted by atomic mass is 9.92. The van der Waals surface area contributed by atoms with Crippen molar-refractivity contribution in [1.82, 2.24) is 9.80 Å². The summed E-state index contributed by atoms with van der Waals surface area (Å²) in [5, 5.41) is 10.0. The van der Waals surface area contributed by atoms with Crippen LogP contribution in [0.2, 0.25) is 0 Å². The van der Waals surface area contributed by atoms with E-state index in [1.54, 1.807) is 6.07 Å². The molecule has 0 saturated carbocycles. The molecule has 2 aromatic carbocycles. The predicted molar refractivity (Wildman–Crippen MR) is 113 cm³/mol. The highest BCUT2D eigenvalue weighted by Crippen LogP contribution is 2.30. The minimum absolute atomic E-state index is 0.146. The number of phenolic OH excluding ortho intramolecular Hbond substituents is 1. The Morgan fingerprint density at radius 3 is 2.62 bits per heavy atom. The lowest BCUT2D eigenvalue weighted by molar-refractivity contribution is -0.138. The van der Waals surface area contributed by atoms with E-state index in [4.69, 9.17) is 4.74 Å². The number of hydrogen-bond acceptors (Lipinski definition) is 4. The largest absolute Gasteiger partial charge is 0.504 e. The molecule has 2 aromatic rings. The van der Waals surface area contributed by atoms with Crippen LogP contribution in [0.5, 0.6) is 11.5 Å². The van der Waals surface area contributed by atoms with E-state index in [9.17, 15) is 9.90 Å². The number of aromatic hydroxyl groups is 1. The van der Waals surface area contributed by atoms with Gasteiger partial charge in [0.15, 0.2) is 11.5 Å². The number of likely N-dealkylation sites (tertiary alicyclic amines) is 1. The zero-order valence-corrected chi connectivity index (χ0v) is 17.1. The summed E-state index contributed by atoms with van der Waals surface area (Å²) in [5.41, 5.74) is 3.61. The quantitative estimate of drug-likeness (QED) is 0.840. The molecule has 0 spiro atoms. The van der Waals surface area contributed by atoms with Crippen molar-refractivity contribution in [1.29, 1.82) is 0 Å². The van der Waals surface area contributed by atoms with E-state index in [2.05, 4.69) is 34.1 Å². The van der Waals surface area contributed by atoms with Crippen LogP contribution >= 0.6 is 0 Å². The molecule has 2 aliphatic rings. The first-order chi connectivity index (χ1) is 14.2. The first-order valence-electron chi connectivity index (χ1n) is 10.7. The molecular formula is C24H30N2O3. The average Bonchev–Trinajstić information content (AvgIpc) is 2.76. The van der Waals surface area contributed by atoms with Crippen LogP contribution in [0.25, 0.3) is 0 Å². The van der Waals surface area contributed by atoms with Gasteiger partial charge in [-0.25, -0.2) is 0 Å². The molecule has 1 unspecified atom stereocenters. The first kappa shape index (κ1) is 19.8. The van der Waals surface area contributed by atoms with Crippen molar-refractivity contribution in [2.24, 2.45) is 0 Å². The Labute approximate surface area is 172 Å². The standard InChI is InChI=1S/C24H30N2O3/c1-2-29-23-14-18(10-11-22(23)27)16-26-17-20-9-5-4-8-19(20)15-21(26)24(28)25-12-6-3-7-13-25/h4-5,8-11,14,21,27H,2-3,6-7,12-13,15-17H2,1H3. The van der Waals surface area contributed by atoms with Crippen LogP contribution in [0, 0.1) is 0 Å². The number of fused-ring (bicyclic) bond motifs is 1. The summed E-state index contributed by atoms with van der Waals surface area (Å²) in [6.45, 7) is 5.56. The fraction of sp³-hybridized carbons (Fsp3) is 0.458. The van der Waals surface area contributed by atoms with Crippen molar-refractivity contribution in [3.63, 3.8) is 0 Å². The molecule has 2 heterocycles. The lowest BCUT2D eigenvalue weighted by Crippen LogP contribution is -2.52. The maximum Gasteiger partial charge on any atom is 0.240 e. The van der Waals surface area contributed by atoms with Crippen molar-refractivity contribution in [3.8, 4) is 11.5 Å². The van der Waals surface area contributed by atoms with Crippen molar-refractivity contribution in [2.75, 3.05) is 19.7 Å². The second-order valence-electron chi connectivity index (χ2n) is 8.01. The number of carbonyl (C=O) groups excluding carboxylic acids is 1. The highest BCUT2D eigenvalue weighted by atomic mass is 16.5. The molecule has 0 radical (unpaired) electrons. The Bertz CT molecular complexity index is 861. The third-order valence-corrected chi connectivity index (χ3v) is 6.01. The minimum Gasteiger partial charge on any atom is -0.504 e. The van der Waals surface area contributed by atoms with Gasteiger partial charge in [0.25, 0.3) is 0 Å². The molecule has 2 aliphatic heterocycles. The van der Waals surface area contributed by atoms with Crippen molar-refractivity contribution >= 4 is 5.91 Å². The van der Waals surface area contributed by atoms with Gasteiger partial charge >= 0.3 is 0 Å². The molecule has 5 nitrogen and oxygen atoms in total. The second-order valence-corrected chi connectivity index (χ2v) is 8.01. The highest BCUT2D eigenvalue weighted by molar-refractivity contribution is 5.82. The Morgan fingerprint density at radius 1 is 1.10 bits per heavy atom. The van der Waals surface area contributed by atoms with Gasteiger partial charge in [-0.05, 0) is 61.4 Å². The van der Waals surface area contributed by atoms with Crippen molar-refractivity contribution in [3.05, 3.63) is 59.2 Å². The molecule has 1 amide bonds. The van der Waals surface area contributed by atoms with Gasteiger partial charge in [0.1, 0.15) is 0 Å². The fourth-order valence-corrected chi connectivity index (χ4v) is 4.47. The van der Waals surface area contributed by atoms with E-state index in [0.29, 0.717) is 18.9 Å². The van der Waals surface area contributed by atoms with Crippen LogP contribution < -0.4 is 4.74 Å². The number of hydrogen-bond donors (Lipinski definition) is 1. The molecule has 1 atom stereocenters. The Hall–Kier alpha value is -2.53. The normalized spacial score (nSPS) is 19.6. The number of amides is 1. The van der Waals surface area contributed by atoms with Crippen LogP contribution in [0.15, 0.2) is 42.5 Å². The van der Waals surface area contributed by atoms with Crippen LogP contribution in [0.3, 0.4) is 0 Å². The van der Waals surface area contributed by atoms with Crippen molar-refractivity contribution < 1.29 is 14.6 Å². The Kier molecular flexibility index (Phi) is 6.05. The summed E-state index contributed by atoms with van der Waals surface area (Å²) in [6, 6.07) is 13.8. The third-order valence-electron chi connectivity index (χ3n) is 6.01. The summed E-state index contributed by atoms with van der Waals surface area (Å²) in [6.07, 6.45) is 4.17. The zero-order chi connectivity index (χ0) is 20.2. The van der Waals surface area contributed by atoms with Gasteiger partial charge in [-0.2, -0.15) is 0 Å². The number of phenols is 1. The second kappa shape index (κ2) is 8.87. The van der Waals surface area contributed by atoms with Gasteiger partial charge in [0.2, 0.25) is 5.91 Å². The summed E-state index contributed by atoms with van der Waals surface area (Å²) in [4.78, 5) is 17.7. The number of benzene rings is 2. The average molecular weight is 395 g/mol. The fourth-order valence-electron chi connectivity index (χ4n) is 4.47. The van der Waals surface area contributed by atoms with Gasteiger partial charge < -0.3 is 14.7 Å². The predicted octanol–water partition coefficient (Wildman–Crippen LogP) is 3.73. The zero-order valence-electron chi connectivity index (χ0n) is 17.1. The van der Waals surface area contributed by atoms with E-state index in [1.807, 2.05) is 19.1 Å². The number of carbonyl (C=O) groups is 1. The van der Waals surface area contributed by atoms with Crippen LogP contribution in [0.1, 0.15) is 42.9 Å². The molecule has 1 fully saturated rings. The summed E-state index contributed by atoms with van der Waals surface area (Å²) in [5.74, 6) is 0.907. The summed E-state index contributed by atoms with van der Waals surface area (Å²) in [7, 11) is 0. The number of ether oxygens (including phenoxy) is 1. The maximum atomic E-state index is 13.4. The lowest BCUT2D eigenvalue weighted by Gasteiger charge is -2.39. The first-order valence-corrected chi connectivity index (χ1v) is 10.7. The Morgan fingerprint density at radius 2 is 1.86 bits per heavy atom. The number of nitrogens with zero attached hydrogens (tertiary/aromatic N) is 2. The number of piperidine rings is 1. The van der Waals surface area contributed by atoms with E-state index >= 15 is 0 Å². The molecule has 0 aliphatic carbocycles. The maximum absolute atomic E-state index is 13.4. The van der Waals surface area contributed by atoms with E-state index < -0.39 is 0 Å². The topological polar surface area (TPSA) is 53.0 Å². The van der Waals surface area contributed by atoms with Gasteiger partial charge in [0.05, 0.1) is 12.6 Å². The summed E-state index contributed by atoms with van der Waals surface area (Å²) >= 11 is 0. The minimum atomic E-state index is -0.146. The number of rotatable bonds is 5. The molecule has 29 heavy (non-hydrogen) atoms.